The van der Waals surface area contributed by atoms with Crippen LogP contribution in [-0.4, -0.2) is 54.5 Å². The van der Waals surface area contributed by atoms with Gasteiger partial charge in [-0.25, -0.2) is 9.29 Å². The molecule has 0 saturated carbocycles. The molecule has 222 valence electrons. The molecule has 4 rings (SSSR count). The molecule has 4 atom stereocenters. The second-order valence-electron chi connectivity index (χ2n) is 11.5. The standard InChI is InChI=1S/C29H29F4N5O4/c1-27(2,3)22(37-25(41)29(31,32)33)23(39)36-20(11-16-7-5-4-6-8-16)24(40)38-21-10-9-17(30)12-19(21)28(26(38)42)13-18(14-34)35-15-28/h4-10,12,18,20,22,35H,11,13,15H2,1-3H3,(H,36,39)(H,37,41)/t18-,20?,22?,28-/m0/s1. The highest BCUT2D eigenvalue weighted by molar-refractivity contribution is 6.24. The number of imide groups is 1. The number of fused-ring (bicyclic) bond motifs is 2. The normalized spacial score (nSPS) is 21.4. The Balaban J connectivity index is 1.72. The quantitative estimate of drug-likeness (QED) is 0.446. The van der Waals surface area contributed by atoms with Gasteiger partial charge in [-0.3, -0.25) is 19.2 Å². The average molecular weight is 588 g/mol. The summed E-state index contributed by atoms with van der Waals surface area (Å²) in [5.74, 6) is -5.67. The average Bonchev–Trinajstić information content (AvgIpc) is 3.45. The van der Waals surface area contributed by atoms with Crippen LogP contribution in [0.15, 0.2) is 48.5 Å². The lowest BCUT2D eigenvalue weighted by molar-refractivity contribution is -0.175. The third-order valence-electron chi connectivity index (χ3n) is 7.46. The van der Waals surface area contributed by atoms with Gasteiger partial charge in [0.15, 0.2) is 0 Å². The number of hydrogen-bond acceptors (Lipinski definition) is 6. The zero-order chi connectivity index (χ0) is 31.0. The first kappa shape index (κ1) is 30.6. The van der Waals surface area contributed by atoms with Crippen molar-refractivity contribution in [1.82, 2.24) is 16.0 Å². The van der Waals surface area contributed by atoms with E-state index in [-0.39, 0.29) is 30.6 Å². The Morgan fingerprint density at radius 2 is 1.79 bits per heavy atom. The van der Waals surface area contributed by atoms with Gasteiger partial charge in [-0.2, -0.15) is 18.4 Å². The SMILES string of the molecule is CC(C)(C)C(NC(=O)C(F)(F)F)C(=O)NC(Cc1ccccc1)C(=O)N1C(=O)[C@@]2(CN[C@H](C#N)C2)c2cc(F)ccc21. The van der Waals surface area contributed by atoms with Crippen molar-refractivity contribution in [3.05, 3.63) is 65.5 Å². The minimum absolute atomic E-state index is 0.0200. The summed E-state index contributed by atoms with van der Waals surface area (Å²) in [6.07, 6.45) is -5.43. The molecule has 4 amide bonds. The van der Waals surface area contributed by atoms with Gasteiger partial charge in [0.2, 0.25) is 11.8 Å². The zero-order valence-electron chi connectivity index (χ0n) is 23.0. The highest BCUT2D eigenvalue weighted by atomic mass is 19.4. The van der Waals surface area contributed by atoms with E-state index in [9.17, 15) is 42.0 Å². The van der Waals surface area contributed by atoms with Crippen molar-refractivity contribution in [2.45, 2.75) is 63.3 Å². The van der Waals surface area contributed by atoms with Crippen LogP contribution in [-0.2, 0) is 31.0 Å². The fourth-order valence-corrected chi connectivity index (χ4v) is 5.34. The van der Waals surface area contributed by atoms with E-state index < -0.39 is 64.6 Å². The number of rotatable bonds is 6. The molecule has 2 aliphatic rings. The van der Waals surface area contributed by atoms with Crippen LogP contribution < -0.4 is 20.9 Å². The van der Waals surface area contributed by atoms with Crippen LogP contribution in [0.3, 0.4) is 0 Å². The number of benzene rings is 2. The van der Waals surface area contributed by atoms with E-state index in [0.29, 0.717) is 5.56 Å². The Labute approximate surface area is 239 Å². The van der Waals surface area contributed by atoms with Crippen LogP contribution in [0.4, 0.5) is 23.2 Å². The Morgan fingerprint density at radius 3 is 2.36 bits per heavy atom. The van der Waals surface area contributed by atoms with E-state index in [1.165, 1.54) is 26.8 Å². The predicted octanol–water partition coefficient (Wildman–Crippen LogP) is 2.64. The predicted molar refractivity (Wildman–Crippen MR) is 142 cm³/mol. The minimum Gasteiger partial charge on any atom is -0.342 e. The summed E-state index contributed by atoms with van der Waals surface area (Å²) in [6, 6.07) is 10.0. The summed E-state index contributed by atoms with van der Waals surface area (Å²) < 4.78 is 53.5. The number of anilines is 1. The Hall–Kier alpha value is -4.31. The summed E-state index contributed by atoms with van der Waals surface area (Å²) in [7, 11) is 0. The van der Waals surface area contributed by atoms with E-state index in [1.54, 1.807) is 35.6 Å². The van der Waals surface area contributed by atoms with Crippen molar-refractivity contribution in [2.24, 2.45) is 5.41 Å². The molecule has 0 bridgehead atoms. The molecule has 0 aliphatic carbocycles. The van der Waals surface area contributed by atoms with E-state index in [4.69, 9.17) is 0 Å². The van der Waals surface area contributed by atoms with E-state index in [1.807, 2.05) is 6.07 Å². The first-order valence-corrected chi connectivity index (χ1v) is 13.1. The fraction of sp³-hybridized carbons (Fsp3) is 0.414. The third kappa shape index (κ3) is 5.85. The van der Waals surface area contributed by atoms with E-state index >= 15 is 0 Å². The molecule has 0 radical (unpaired) electrons. The lowest BCUT2D eigenvalue weighted by Crippen LogP contribution is -2.60. The summed E-state index contributed by atoms with van der Waals surface area (Å²) in [5, 5.41) is 16.5. The van der Waals surface area contributed by atoms with Gasteiger partial charge in [-0.1, -0.05) is 51.1 Å². The molecule has 2 aromatic carbocycles. The van der Waals surface area contributed by atoms with Crippen molar-refractivity contribution in [3.63, 3.8) is 0 Å². The van der Waals surface area contributed by atoms with Gasteiger partial charge in [-0.05, 0) is 41.2 Å². The van der Waals surface area contributed by atoms with Gasteiger partial charge in [0.1, 0.15) is 17.9 Å². The number of hydrogen-bond donors (Lipinski definition) is 3. The van der Waals surface area contributed by atoms with Gasteiger partial charge in [-0.15, -0.1) is 0 Å². The van der Waals surface area contributed by atoms with Gasteiger partial charge in [0.25, 0.3) is 5.91 Å². The van der Waals surface area contributed by atoms with Gasteiger partial charge in [0, 0.05) is 13.0 Å². The molecule has 2 unspecified atom stereocenters. The highest BCUT2D eigenvalue weighted by Crippen LogP contribution is 2.47. The Bertz CT molecular complexity index is 1450. The summed E-state index contributed by atoms with van der Waals surface area (Å²) in [4.78, 5) is 54.1. The maximum absolute atomic E-state index is 14.4. The largest absolute Gasteiger partial charge is 0.471 e. The topological polar surface area (TPSA) is 131 Å². The molecule has 1 spiro atoms. The summed E-state index contributed by atoms with van der Waals surface area (Å²) >= 11 is 0. The van der Waals surface area contributed by atoms with Crippen molar-refractivity contribution in [2.75, 3.05) is 11.4 Å². The number of alkyl halides is 3. The number of carbonyl (C=O) groups excluding carboxylic acids is 4. The first-order chi connectivity index (χ1) is 19.6. The maximum Gasteiger partial charge on any atom is 0.471 e. The summed E-state index contributed by atoms with van der Waals surface area (Å²) in [5.41, 5.74) is -1.76. The molecule has 13 heteroatoms. The van der Waals surface area contributed by atoms with Crippen LogP contribution >= 0.6 is 0 Å². The van der Waals surface area contributed by atoms with E-state index in [2.05, 4.69) is 10.6 Å². The zero-order valence-corrected chi connectivity index (χ0v) is 23.0. The van der Waals surface area contributed by atoms with Gasteiger partial charge in [0.05, 0.1) is 23.2 Å². The molecule has 3 N–H and O–H groups in total. The molecular weight excluding hydrogens is 558 g/mol. The summed E-state index contributed by atoms with van der Waals surface area (Å²) in [6.45, 7) is 4.30. The lowest BCUT2D eigenvalue weighted by Gasteiger charge is -2.33. The van der Waals surface area contributed by atoms with Crippen molar-refractivity contribution < 1.29 is 36.7 Å². The molecule has 9 nitrogen and oxygen atoms in total. The number of nitrogens with zero attached hydrogens (tertiary/aromatic N) is 2. The molecule has 2 heterocycles. The number of nitrogens with one attached hydrogen (secondary N) is 3. The molecule has 1 fully saturated rings. The minimum atomic E-state index is -5.26. The molecule has 1 saturated heterocycles. The number of halogens is 4. The fourth-order valence-electron chi connectivity index (χ4n) is 5.34. The Kier molecular flexibility index (Phi) is 8.15. The maximum atomic E-state index is 14.4. The number of amides is 4. The molecular formula is C29H29F4N5O4. The number of nitriles is 1. The van der Waals surface area contributed by atoms with Crippen LogP contribution in [0.1, 0.15) is 38.3 Å². The Morgan fingerprint density at radius 1 is 1.12 bits per heavy atom. The van der Waals surface area contributed by atoms with Gasteiger partial charge >= 0.3 is 12.1 Å². The van der Waals surface area contributed by atoms with Crippen molar-refractivity contribution in [3.8, 4) is 6.07 Å². The lowest BCUT2D eigenvalue weighted by atomic mass is 9.79. The molecule has 42 heavy (non-hydrogen) atoms. The monoisotopic (exact) mass is 587 g/mol. The van der Waals surface area contributed by atoms with E-state index in [0.717, 1.165) is 17.0 Å². The smallest absolute Gasteiger partial charge is 0.342 e. The van der Waals surface area contributed by atoms with Gasteiger partial charge < -0.3 is 16.0 Å². The van der Waals surface area contributed by atoms with Crippen LogP contribution in [0.2, 0.25) is 0 Å². The van der Waals surface area contributed by atoms with Crippen LogP contribution in [0, 0.1) is 22.6 Å². The third-order valence-corrected chi connectivity index (χ3v) is 7.46. The molecule has 0 aromatic heterocycles. The second-order valence-corrected chi connectivity index (χ2v) is 11.5. The molecule has 2 aliphatic heterocycles. The number of carbonyl (C=O) groups is 4. The van der Waals surface area contributed by atoms with Crippen molar-refractivity contribution in [1.29, 1.82) is 5.26 Å². The van der Waals surface area contributed by atoms with Crippen LogP contribution in [0.25, 0.3) is 0 Å². The van der Waals surface area contributed by atoms with Crippen LogP contribution in [0.5, 0.6) is 0 Å². The first-order valence-electron chi connectivity index (χ1n) is 13.1. The highest BCUT2D eigenvalue weighted by Gasteiger charge is 2.57. The van der Waals surface area contributed by atoms with Crippen molar-refractivity contribution >= 4 is 29.3 Å². The molecule has 2 aromatic rings. The second kappa shape index (κ2) is 11.2.